The molecule has 2 fully saturated rings. The van der Waals surface area contributed by atoms with Gasteiger partial charge in [0.1, 0.15) is 27.2 Å². The van der Waals surface area contributed by atoms with Gasteiger partial charge in [-0.2, -0.15) is 0 Å². The van der Waals surface area contributed by atoms with E-state index in [1.54, 1.807) is 0 Å². The molecule has 0 aromatic carbocycles. The maximum Gasteiger partial charge on any atom is 0.106 e. The molecule has 0 aromatic heterocycles. The van der Waals surface area contributed by atoms with Crippen LogP contribution in [-0.4, -0.2) is 52.3 Å². The van der Waals surface area contributed by atoms with Crippen LogP contribution < -0.4 is 10.6 Å². The third-order valence-corrected chi connectivity index (χ3v) is 4.20. The quantitative estimate of drug-likeness (QED) is 0.503. The van der Waals surface area contributed by atoms with Crippen LogP contribution >= 0.6 is 0 Å². The molecular formula is C18H36MoN2O4. The Kier molecular flexibility index (Phi) is 39.8. The van der Waals surface area contributed by atoms with Gasteiger partial charge in [-0.15, -0.1) is 0 Å². The summed E-state index contributed by atoms with van der Waals surface area (Å²) in [7, 11) is 0. The molecule has 0 radical (unpaired) electrons. The predicted octanol–water partition coefficient (Wildman–Crippen LogP) is 2.09. The van der Waals surface area contributed by atoms with Gasteiger partial charge in [-0.3, -0.25) is 0 Å². The van der Waals surface area contributed by atoms with Gasteiger partial charge in [0.25, 0.3) is 0 Å². The third kappa shape index (κ3) is 21.2. The molecule has 25 heavy (non-hydrogen) atoms. The van der Waals surface area contributed by atoms with Crippen LogP contribution in [0.15, 0.2) is 0 Å². The predicted molar refractivity (Wildman–Crippen MR) is 98.2 cm³/mol. The fourth-order valence-electron chi connectivity index (χ4n) is 3.17. The van der Waals surface area contributed by atoms with Crippen molar-refractivity contribution in [2.75, 3.05) is 13.1 Å². The molecule has 148 valence electrons. The number of hydrogen-bond donors (Lipinski definition) is 2. The molecule has 0 unspecified atom stereocenters. The molecule has 0 heterocycles. The van der Waals surface area contributed by atoms with Crippen molar-refractivity contribution < 1.29 is 40.2 Å². The Balaban J connectivity index is -0.000000217. The second-order valence-electron chi connectivity index (χ2n) is 5.58. The third-order valence-electron chi connectivity index (χ3n) is 4.20. The summed E-state index contributed by atoms with van der Waals surface area (Å²) >= 11 is 0. The van der Waals surface area contributed by atoms with Crippen molar-refractivity contribution >= 4 is 27.2 Å². The van der Waals surface area contributed by atoms with Gasteiger partial charge < -0.3 is 29.8 Å². The van der Waals surface area contributed by atoms with Crippen LogP contribution in [0.2, 0.25) is 0 Å². The molecule has 7 heteroatoms. The van der Waals surface area contributed by atoms with E-state index in [2.05, 4.69) is 10.6 Å². The van der Waals surface area contributed by atoms with Crippen molar-refractivity contribution in [1.29, 1.82) is 0 Å². The van der Waals surface area contributed by atoms with Crippen molar-refractivity contribution in [2.45, 2.75) is 76.3 Å². The van der Waals surface area contributed by atoms with Crippen LogP contribution in [0.25, 0.3) is 0 Å². The summed E-state index contributed by atoms with van der Waals surface area (Å²) in [5.41, 5.74) is 0. The Hall–Kier alpha value is -0.712. The first-order valence-corrected chi connectivity index (χ1v) is 8.57. The van der Waals surface area contributed by atoms with Crippen LogP contribution in [0.1, 0.15) is 64.2 Å². The summed E-state index contributed by atoms with van der Waals surface area (Å²) in [5, 5.41) is 7.40. The number of nitrogens with one attached hydrogen (secondary N) is 2. The van der Waals surface area contributed by atoms with E-state index >= 15 is 0 Å². The zero-order chi connectivity index (χ0) is 19.1. The van der Waals surface area contributed by atoms with E-state index in [0.717, 1.165) is 12.1 Å². The fourth-order valence-corrected chi connectivity index (χ4v) is 3.17. The first-order valence-electron chi connectivity index (χ1n) is 8.57. The van der Waals surface area contributed by atoms with Crippen molar-refractivity contribution in [2.24, 2.45) is 0 Å². The molecule has 2 rings (SSSR count). The summed E-state index contributed by atoms with van der Waals surface area (Å²) in [4.78, 5) is 32.0. The molecule has 0 atom stereocenters. The van der Waals surface area contributed by atoms with Gasteiger partial charge in [0.2, 0.25) is 0 Å². The van der Waals surface area contributed by atoms with Gasteiger partial charge in [-0.25, -0.2) is 0 Å². The molecule has 2 aliphatic rings. The molecule has 2 saturated carbocycles. The average Bonchev–Trinajstić information content (AvgIpc) is 2.73. The van der Waals surface area contributed by atoms with E-state index in [9.17, 15) is 0 Å². The Morgan fingerprint density at radius 1 is 0.520 bits per heavy atom. The Labute approximate surface area is 167 Å². The van der Waals surface area contributed by atoms with Crippen molar-refractivity contribution in [3.05, 3.63) is 0 Å². The molecule has 0 aliphatic heterocycles. The van der Waals surface area contributed by atoms with Gasteiger partial charge >= 0.3 is 0 Å². The minimum atomic E-state index is 0. The van der Waals surface area contributed by atoms with Crippen LogP contribution in [0, 0.1) is 0 Å². The number of carbonyl (C=O) groups is 4. The van der Waals surface area contributed by atoms with E-state index in [-0.39, 0.29) is 21.1 Å². The van der Waals surface area contributed by atoms with E-state index in [4.69, 9.17) is 19.2 Å². The van der Waals surface area contributed by atoms with Gasteiger partial charge in [0, 0.05) is 46.2 Å². The molecule has 0 aromatic rings. The Morgan fingerprint density at radius 2 is 0.760 bits per heavy atom. The monoisotopic (exact) mass is 442 g/mol. The second-order valence-corrected chi connectivity index (χ2v) is 5.58. The van der Waals surface area contributed by atoms with E-state index < -0.39 is 0 Å². The number of hydrogen-bond acceptors (Lipinski definition) is 6. The minimum absolute atomic E-state index is 0. The SMILES string of the molecule is C1CCC(NCCNC2CCCCC2)CC1.C=O.C=O.C=O.C=O.[Mo]. The molecule has 0 bridgehead atoms. The summed E-state index contributed by atoms with van der Waals surface area (Å²) in [6, 6.07) is 1.64. The van der Waals surface area contributed by atoms with Crippen molar-refractivity contribution in [1.82, 2.24) is 10.6 Å². The largest absolute Gasteiger partial charge is 0.313 e. The molecule has 0 amide bonds. The zero-order valence-corrected chi connectivity index (χ0v) is 17.5. The maximum absolute atomic E-state index is 8.00. The number of carbonyl (C=O) groups excluding carboxylic acids is 4. The zero-order valence-electron chi connectivity index (χ0n) is 15.5. The summed E-state index contributed by atoms with van der Waals surface area (Å²) in [5.74, 6) is 0. The Morgan fingerprint density at radius 3 is 1.00 bits per heavy atom. The normalized spacial score (nSPS) is 16.5. The minimum Gasteiger partial charge on any atom is -0.313 e. The smallest absolute Gasteiger partial charge is 0.106 e. The summed E-state index contributed by atoms with van der Waals surface area (Å²) in [6.45, 7) is 10.3. The topological polar surface area (TPSA) is 92.3 Å². The van der Waals surface area contributed by atoms with E-state index in [1.807, 2.05) is 27.2 Å². The van der Waals surface area contributed by atoms with Gasteiger partial charge in [0.05, 0.1) is 0 Å². The molecule has 6 nitrogen and oxygen atoms in total. The first-order chi connectivity index (χ1) is 11.9. The molecule has 0 spiro atoms. The second kappa shape index (κ2) is 31.1. The van der Waals surface area contributed by atoms with E-state index in [1.165, 1.54) is 77.3 Å². The van der Waals surface area contributed by atoms with E-state index in [0.29, 0.717) is 0 Å². The van der Waals surface area contributed by atoms with Crippen LogP contribution in [0.3, 0.4) is 0 Å². The van der Waals surface area contributed by atoms with Gasteiger partial charge in [-0.05, 0) is 25.7 Å². The summed E-state index contributed by atoms with van der Waals surface area (Å²) in [6.07, 6.45) is 14.3. The van der Waals surface area contributed by atoms with Crippen LogP contribution in [0.4, 0.5) is 0 Å². The fraction of sp³-hybridized carbons (Fsp3) is 0.778. The van der Waals surface area contributed by atoms with Crippen LogP contribution in [0.5, 0.6) is 0 Å². The maximum atomic E-state index is 8.00. The van der Waals surface area contributed by atoms with Crippen LogP contribution in [-0.2, 0) is 40.2 Å². The summed E-state index contributed by atoms with van der Waals surface area (Å²) < 4.78 is 0. The molecule has 0 saturated heterocycles. The number of rotatable bonds is 5. The van der Waals surface area contributed by atoms with Gasteiger partial charge in [-0.1, -0.05) is 38.5 Å². The van der Waals surface area contributed by atoms with Crippen molar-refractivity contribution in [3.8, 4) is 0 Å². The standard InChI is InChI=1S/C14H28N2.4CH2O.Mo/c1-3-7-13(8-4-1)15-11-12-16-14-9-5-2-6-10-14;4*1-2;/h13-16H,1-12H2;4*1H2;. The van der Waals surface area contributed by atoms with Gasteiger partial charge in [0.15, 0.2) is 0 Å². The Bertz CT molecular complexity index is 211. The first kappa shape index (κ1) is 32.0. The molecule has 2 N–H and O–H groups in total. The van der Waals surface area contributed by atoms with Crippen molar-refractivity contribution in [3.63, 3.8) is 0 Å². The average molecular weight is 440 g/mol. The molecular weight excluding hydrogens is 404 g/mol. The molecule has 2 aliphatic carbocycles.